The van der Waals surface area contributed by atoms with Crippen LogP contribution in [0.3, 0.4) is 0 Å². The molecule has 18 heavy (non-hydrogen) atoms. The molecule has 0 aromatic carbocycles. The number of rotatable bonds is 5. The van der Waals surface area contributed by atoms with Gasteiger partial charge in [-0.25, -0.2) is 0 Å². The molecule has 1 aromatic rings. The van der Waals surface area contributed by atoms with E-state index in [-0.39, 0.29) is 0 Å². The number of aromatic nitrogens is 1. The summed E-state index contributed by atoms with van der Waals surface area (Å²) in [5, 5.41) is 4.11. The minimum atomic E-state index is 0.596. The standard InChI is InChI=1S/C14H23N3S/c1-5-17(14(18)15-9-11(2)3)10-13-8-6-7-12(4)16-13/h6-8,11H,5,9-10H2,1-4H3,(H,15,18). The van der Waals surface area contributed by atoms with E-state index in [2.05, 4.69) is 36.0 Å². The van der Waals surface area contributed by atoms with Crippen molar-refractivity contribution in [3.8, 4) is 0 Å². The predicted molar refractivity (Wildman–Crippen MR) is 80.5 cm³/mol. The van der Waals surface area contributed by atoms with Crippen molar-refractivity contribution in [3.05, 3.63) is 29.6 Å². The lowest BCUT2D eigenvalue weighted by molar-refractivity contribution is 0.417. The van der Waals surface area contributed by atoms with Crippen LogP contribution in [0.2, 0.25) is 0 Å². The fourth-order valence-corrected chi connectivity index (χ4v) is 1.89. The molecule has 0 bridgehead atoms. The SMILES string of the molecule is CCN(Cc1cccc(C)n1)C(=S)NCC(C)C. The highest BCUT2D eigenvalue weighted by molar-refractivity contribution is 7.80. The van der Waals surface area contributed by atoms with Crippen LogP contribution < -0.4 is 5.32 Å². The molecule has 0 unspecified atom stereocenters. The van der Waals surface area contributed by atoms with E-state index < -0.39 is 0 Å². The smallest absolute Gasteiger partial charge is 0.169 e. The van der Waals surface area contributed by atoms with Gasteiger partial charge in [0.1, 0.15) is 0 Å². The Morgan fingerprint density at radius 2 is 2.17 bits per heavy atom. The second kappa shape index (κ2) is 7.31. The first-order valence-corrected chi connectivity index (χ1v) is 6.89. The maximum atomic E-state index is 5.41. The summed E-state index contributed by atoms with van der Waals surface area (Å²) in [4.78, 5) is 6.65. The van der Waals surface area contributed by atoms with Crippen molar-refractivity contribution >= 4 is 17.3 Å². The van der Waals surface area contributed by atoms with Gasteiger partial charge in [-0.1, -0.05) is 19.9 Å². The van der Waals surface area contributed by atoms with Gasteiger partial charge in [0.05, 0.1) is 12.2 Å². The molecule has 1 rings (SSSR count). The monoisotopic (exact) mass is 265 g/mol. The van der Waals surface area contributed by atoms with Gasteiger partial charge in [-0.15, -0.1) is 0 Å². The molecule has 100 valence electrons. The Bertz CT molecular complexity index is 390. The molecule has 0 radical (unpaired) electrons. The molecule has 1 aromatic heterocycles. The van der Waals surface area contributed by atoms with Crippen LogP contribution in [0.15, 0.2) is 18.2 Å². The summed E-state index contributed by atoms with van der Waals surface area (Å²) in [6.07, 6.45) is 0. The van der Waals surface area contributed by atoms with Crippen LogP contribution in [0.1, 0.15) is 32.2 Å². The van der Waals surface area contributed by atoms with E-state index in [1.807, 2.05) is 25.1 Å². The Balaban J connectivity index is 2.58. The minimum Gasteiger partial charge on any atom is -0.362 e. The van der Waals surface area contributed by atoms with Crippen molar-refractivity contribution in [1.29, 1.82) is 0 Å². The van der Waals surface area contributed by atoms with Crippen LogP contribution in [0, 0.1) is 12.8 Å². The quantitative estimate of drug-likeness (QED) is 0.829. The van der Waals surface area contributed by atoms with Crippen LogP contribution in [-0.4, -0.2) is 28.1 Å². The second-order valence-electron chi connectivity index (χ2n) is 4.86. The van der Waals surface area contributed by atoms with E-state index in [9.17, 15) is 0 Å². The Kier molecular flexibility index (Phi) is 6.05. The van der Waals surface area contributed by atoms with Gasteiger partial charge >= 0.3 is 0 Å². The van der Waals surface area contributed by atoms with Crippen LogP contribution in [0.5, 0.6) is 0 Å². The fraction of sp³-hybridized carbons (Fsp3) is 0.571. The molecule has 0 aliphatic heterocycles. The van der Waals surface area contributed by atoms with Gasteiger partial charge in [0, 0.05) is 18.8 Å². The van der Waals surface area contributed by atoms with Crippen LogP contribution in [0.25, 0.3) is 0 Å². The molecule has 0 saturated carbocycles. The fourth-order valence-electron chi connectivity index (χ4n) is 1.61. The topological polar surface area (TPSA) is 28.2 Å². The van der Waals surface area contributed by atoms with Gasteiger partial charge in [0.2, 0.25) is 0 Å². The number of aryl methyl sites for hydroxylation is 1. The lowest BCUT2D eigenvalue weighted by Crippen LogP contribution is -2.40. The first-order chi connectivity index (χ1) is 8.52. The average Bonchev–Trinajstić information content (AvgIpc) is 2.33. The van der Waals surface area contributed by atoms with Crippen molar-refractivity contribution in [3.63, 3.8) is 0 Å². The molecule has 0 fully saturated rings. The van der Waals surface area contributed by atoms with E-state index >= 15 is 0 Å². The Labute approximate surface area is 116 Å². The van der Waals surface area contributed by atoms with E-state index in [1.54, 1.807) is 0 Å². The summed E-state index contributed by atoms with van der Waals surface area (Å²) in [5.41, 5.74) is 2.11. The minimum absolute atomic E-state index is 0.596. The molecule has 3 nitrogen and oxygen atoms in total. The molecular formula is C14H23N3S. The summed E-state index contributed by atoms with van der Waals surface area (Å²) in [6, 6.07) is 6.09. The van der Waals surface area contributed by atoms with Gasteiger partial charge < -0.3 is 10.2 Å². The van der Waals surface area contributed by atoms with E-state index in [0.717, 1.165) is 36.1 Å². The van der Waals surface area contributed by atoms with E-state index in [1.165, 1.54) is 0 Å². The molecule has 4 heteroatoms. The third-order valence-corrected chi connectivity index (χ3v) is 3.03. The zero-order valence-electron chi connectivity index (χ0n) is 11.7. The lowest BCUT2D eigenvalue weighted by atomic mass is 10.2. The summed E-state index contributed by atoms with van der Waals surface area (Å²) >= 11 is 5.41. The number of hydrogen-bond acceptors (Lipinski definition) is 2. The zero-order chi connectivity index (χ0) is 13.5. The molecule has 0 aliphatic rings. The Morgan fingerprint density at radius 1 is 1.44 bits per heavy atom. The van der Waals surface area contributed by atoms with Gasteiger partial charge in [-0.05, 0) is 44.1 Å². The van der Waals surface area contributed by atoms with Crippen molar-refractivity contribution in [2.24, 2.45) is 5.92 Å². The molecule has 1 heterocycles. The van der Waals surface area contributed by atoms with Crippen LogP contribution in [0.4, 0.5) is 0 Å². The molecule has 1 N–H and O–H groups in total. The van der Waals surface area contributed by atoms with Crippen molar-refractivity contribution < 1.29 is 0 Å². The lowest BCUT2D eigenvalue weighted by Gasteiger charge is -2.24. The summed E-state index contributed by atoms with van der Waals surface area (Å²) in [7, 11) is 0. The van der Waals surface area contributed by atoms with E-state index in [0.29, 0.717) is 5.92 Å². The predicted octanol–water partition coefficient (Wildman–Crippen LogP) is 2.74. The van der Waals surface area contributed by atoms with Gasteiger partial charge in [0.25, 0.3) is 0 Å². The number of nitrogens with one attached hydrogen (secondary N) is 1. The normalized spacial score (nSPS) is 10.5. The molecular weight excluding hydrogens is 242 g/mol. The first kappa shape index (κ1) is 14.9. The highest BCUT2D eigenvalue weighted by Gasteiger charge is 2.09. The van der Waals surface area contributed by atoms with Gasteiger partial charge in [0.15, 0.2) is 5.11 Å². The third kappa shape index (κ3) is 5.00. The van der Waals surface area contributed by atoms with Gasteiger partial charge in [-0.3, -0.25) is 4.98 Å². The summed E-state index contributed by atoms with van der Waals surface area (Å²) < 4.78 is 0. The summed E-state index contributed by atoms with van der Waals surface area (Å²) in [5.74, 6) is 0.596. The van der Waals surface area contributed by atoms with E-state index in [4.69, 9.17) is 12.2 Å². The van der Waals surface area contributed by atoms with Crippen molar-refractivity contribution in [1.82, 2.24) is 15.2 Å². The van der Waals surface area contributed by atoms with Gasteiger partial charge in [-0.2, -0.15) is 0 Å². The molecule has 0 atom stereocenters. The summed E-state index contributed by atoms with van der Waals surface area (Å²) in [6.45, 7) is 11.0. The molecule has 0 aliphatic carbocycles. The highest BCUT2D eigenvalue weighted by atomic mass is 32.1. The Morgan fingerprint density at radius 3 is 2.72 bits per heavy atom. The number of pyridine rings is 1. The third-order valence-electron chi connectivity index (χ3n) is 2.63. The number of hydrogen-bond donors (Lipinski definition) is 1. The Hall–Kier alpha value is -1.16. The average molecular weight is 265 g/mol. The van der Waals surface area contributed by atoms with Crippen molar-refractivity contribution in [2.75, 3.05) is 13.1 Å². The maximum Gasteiger partial charge on any atom is 0.169 e. The zero-order valence-corrected chi connectivity index (χ0v) is 12.5. The molecule has 0 saturated heterocycles. The largest absolute Gasteiger partial charge is 0.362 e. The number of thiocarbonyl (C=S) groups is 1. The van der Waals surface area contributed by atoms with Crippen LogP contribution in [-0.2, 0) is 6.54 Å². The molecule has 0 amide bonds. The molecule has 0 spiro atoms. The first-order valence-electron chi connectivity index (χ1n) is 6.48. The second-order valence-corrected chi connectivity index (χ2v) is 5.25. The van der Waals surface area contributed by atoms with Crippen molar-refractivity contribution in [2.45, 2.75) is 34.2 Å². The number of nitrogens with zero attached hydrogens (tertiary/aromatic N) is 2. The maximum absolute atomic E-state index is 5.41. The highest BCUT2D eigenvalue weighted by Crippen LogP contribution is 2.04. The van der Waals surface area contributed by atoms with Crippen LogP contribution >= 0.6 is 12.2 Å².